The summed E-state index contributed by atoms with van der Waals surface area (Å²) in [5.41, 5.74) is 2.55. The highest BCUT2D eigenvalue weighted by Gasteiger charge is 2.21. The second-order valence-corrected chi connectivity index (χ2v) is 11.3. The first kappa shape index (κ1) is 15.7. The predicted octanol–water partition coefficient (Wildman–Crippen LogP) is 4.49. The Balaban J connectivity index is 2.90. The summed E-state index contributed by atoms with van der Waals surface area (Å²) < 4.78 is 0. The van der Waals surface area contributed by atoms with Crippen LogP contribution in [0.15, 0.2) is 12.3 Å². The van der Waals surface area contributed by atoms with Gasteiger partial charge in [0.1, 0.15) is 0 Å². The van der Waals surface area contributed by atoms with Gasteiger partial charge in [-0.15, -0.1) is 11.6 Å². The molecule has 0 bridgehead atoms. The largest absolute Gasteiger partial charge is 0.260 e. The zero-order valence-electron chi connectivity index (χ0n) is 12.2. The Morgan fingerprint density at radius 2 is 1.89 bits per heavy atom. The first-order valence-electron chi connectivity index (χ1n) is 7.04. The maximum Gasteiger partial charge on any atom is 0.0781 e. The van der Waals surface area contributed by atoms with Gasteiger partial charge >= 0.3 is 0 Å². The fourth-order valence-corrected chi connectivity index (χ4v) is 4.34. The molecule has 1 heterocycles. The van der Waals surface area contributed by atoms with E-state index in [1.165, 1.54) is 31.2 Å². The standard InChI is InChI=1S/C15H26ClNSi/c1-5-6-7-8-9-13-14(12-16)17-11-10-15(13)18(2,3)4/h10-11H,5-9,12H2,1-4H3. The molecule has 1 aromatic heterocycles. The minimum Gasteiger partial charge on any atom is -0.260 e. The molecule has 0 saturated carbocycles. The van der Waals surface area contributed by atoms with E-state index >= 15 is 0 Å². The van der Waals surface area contributed by atoms with Gasteiger partial charge in [-0.2, -0.15) is 0 Å². The van der Waals surface area contributed by atoms with Crippen LogP contribution in [0, 0.1) is 0 Å². The van der Waals surface area contributed by atoms with Crippen LogP contribution < -0.4 is 5.19 Å². The zero-order chi connectivity index (χ0) is 13.6. The van der Waals surface area contributed by atoms with Gasteiger partial charge in [-0.25, -0.2) is 0 Å². The summed E-state index contributed by atoms with van der Waals surface area (Å²) >= 11 is 6.05. The van der Waals surface area contributed by atoms with Crippen molar-refractivity contribution in [3.8, 4) is 0 Å². The van der Waals surface area contributed by atoms with Crippen molar-refractivity contribution < 1.29 is 0 Å². The molecule has 0 aromatic carbocycles. The third-order valence-electron chi connectivity index (χ3n) is 3.36. The minimum atomic E-state index is -1.29. The molecule has 0 atom stereocenters. The second kappa shape index (κ2) is 7.30. The van der Waals surface area contributed by atoms with Crippen molar-refractivity contribution in [1.82, 2.24) is 4.98 Å². The number of aromatic nitrogens is 1. The van der Waals surface area contributed by atoms with Crippen molar-refractivity contribution in [1.29, 1.82) is 0 Å². The molecular formula is C15H26ClNSi. The van der Waals surface area contributed by atoms with Gasteiger partial charge in [-0.3, -0.25) is 4.98 Å². The summed E-state index contributed by atoms with van der Waals surface area (Å²) in [4.78, 5) is 4.46. The normalized spacial score (nSPS) is 11.8. The molecule has 0 fully saturated rings. The lowest BCUT2D eigenvalue weighted by Crippen LogP contribution is -2.41. The number of rotatable bonds is 7. The highest BCUT2D eigenvalue weighted by molar-refractivity contribution is 6.89. The smallest absolute Gasteiger partial charge is 0.0781 e. The van der Waals surface area contributed by atoms with Crippen LogP contribution in [0.1, 0.15) is 43.9 Å². The molecule has 18 heavy (non-hydrogen) atoms. The highest BCUT2D eigenvalue weighted by Crippen LogP contribution is 2.15. The van der Waals surface area contributed by atoms with E-state index in [4.69, 9.17) is 11.6 Å². The van der Waals surface area contributed by atoms with E-state index in [1.807, 2.05) is 6.20 Å². The number of pyridine rings is 1. The Kier molecular flexibility index (Phi) is 6.37. The lowest BCUT2D eigenvalue weighted by atomic mass is 10.1. The maximum absolute atomic E-state index is 6.05. The molecule has 0 aliphatic rings. The third-order valence-corrected chi connectivity index (χ3v) is 5.70. The van der Waals surface area contributed by atoms with Gasteiger partial charge in [-0.1, -0.05) is 51.0 Å². The van der Waals surface area contributed by atoms with Crippen LogP contribution in [-0.2, 0) is 12.3 Å². The van der Waals surface area contributed by atoms with Crippen LogP contribution in [0.5, 0.6) is 0 Å². The number of hydrogen-bond acceptors (Lipinski definition) is 1. The number of alkyl halides is 1. The van der Waals surface area contributed by atoms with E-state index in [-0.39, 0.29) is 0 Å². The Hall–Kier alpha value is -0.343. The van der Waals surface area contributed by atoms with Crippen LogP contribution in [0.4, 0.5) is 0 Å². The van der Waals surface area contributed by atoms with Gasteiger partial charge in [0.05, 0.1) is 19.6 Å². The minimum absolute atomic E-state index is 0.543. The summed E-state index contributed by atoms with van der Waals surface area (Å²) in [7, 11) is -1.29. The highest BCUT2D eigenvalue weighted by atomic mass is 35.5. The summed E-state index contributed by atoms with van der Waals surface area (Å²) in [5, 5.41) is 1.55. The first-order valence-corrected chi connectivity index (χ1v) is 11.1. The van der Waals surface area contributed by atoms with E-state index < -0.39 is 8.07 Å². The lowest BCUT2D eigenvalue weighted by Gasteiger charge is -2.22. The van der Waals surface area contributed by atoms with Crippen LogP contribution in [-0.4, -0.2) is 13.1 Å². The number of hydrogen-bond donors (Lipinski definition) is 0. The Morgan fingerprint density at radius 3 is 2.44 bits per heavy atom. The van der Waals surface area contributed by atoms with E-state index in [0.717, 1.165) is 12.1 Å². The molecule has 0 spiro atoms. The topological polar surface area (TPSA) is 12.9 Å². The van der Waals surface area contributed by atoms with Gasteiger partial charge in [0.25, 0.3) is 0 Å². The fraction of sp³-hybridized carbons (Fsp3) is 0.667. The second-order valence-electron chi connectivity index (χ2n) is 5.98. The van der Waals surface area contributed by atoms with Crippen molar-refractivity contribution in [2.75, 3.05) is 0 Å². The lowest BCUT2D eigenvalue weighted by molar-refractivity contribution is 0.665. The monoisotopic (exact) mass is 283 g/mol. The SMILES string of the molecule is CCCCCCc1c([Si](C)(C)C)ccnc1CCl. The summed E-state index contributed by atoms with van der Waals surface area (Å²) in [5.74, 6) is 0.543. The Morgan fingerprint density at radius 1 is 1.17 bits per heavy atom. The molecule has 0 aliphatic carbocycles. The molecule has 0 radical (unpaired) electrons. The van der Waals surface area contributed by atoms with Crippen molar-refractivity contribution in [2.45, 2.75) is 64.5 Å². The summed E-state index contributed by atoms with van der Waals surface area (Å²) in [6.07, 6.45) is 8.28. The van der Waals surface area contributed by atoms with E-state index in [1.54, 1.807) is 5.19 Å². The first-order chi connectivity index (χ1) is 8.50. The molecule has 1 aromatic rings. The fourth-order valence-electron chi connectivity index (χ4n) is 2.36. The van der Waals surface area contributed by atoms with Crippen LogP contribution in [0.25, 0.3) is 0 Å². The average molecular weight is 284 g/mol. The third kappa shape index (κ3) is 4.40. The van der Waals surface area contributed by atoms with Crippen molar-refractivity contribution in [2.24, 2.45) is 0 Å². The Bertz CT molecular complexity index is 371. The molecule has 0 amide bonds. The molecular weight excluding hydrogens is 258 g/mol. The summed E-state index contributed by atoms with van der Waals surface area (Å²) in [6.45, 7) is 9.45. The van der Waals surface area contributed by atoms with Crippen LogP contribution in [0.3, 0.4) is 0 Å². The molecule has 3 heteroatoms. The van der Waals surface area contributed by atoms with Gasteiger partial charge in [0, 0.05) is 6.20 Å². The summed E-state index contributed by atoms with van der Waals surface area (Å²) in [6, 6.07) is 2.22. The molecule has 1 rings (SSSR count). The Labute approximate surface area is 118 Å². The van der Waals surface area contributed by atoms with Crippen LogP contribution in [0.2, 0.25) is 19.6 Å². The van der Waals surface area contributed by atoms with Crippen LogP contribution >= 0.6 is 11.6 Å². The van der Waals surface area contributed by atoms with Gasteiger partial charge in [0.2, 0.25) is 0 Å². The van der Waals surface area contributed by atoms with E-state index in [0.29, 0.717) is 5.88 Å². The van der Waals surface area contributed by atoms with Gasteiger partial charge in [0.15, 0.2) is 0 Å². The van der Waals surface area contributed by atoms with Gasteiger partial charge < -0.3 is 0 Å². The number of nitrogens with zero attached hydrogens (tertiary/aromatic N) is 1. The number of halogens is 1. The molecule has 0 saturated heterocycles. The quantitative estimate of drug-likeness (QED) is 0.408. The van der Waals surface area contributed by atoms with E-state index in [2.05, 4.69) is 37.6 Å². The van der Waals surface area contributed by atoms with Crippen molar-refractivity contribution in [3.05, 3.63) is 23.5 Å². The molecule has 102 valence electrons. The maximum atomic E-state index is 6.05. The zero-order valence-corrected chi connectivity index (χ0v) is 14.0. The molecule has 0 N–H and O–H groups in total. The average Bonchev–Trinajstić information content (AvgIpc) is 2.33. The van der Waals surface area contributed by atoms with Crippen molar-refractivity contribution in [3.63, 3.8) is 0 Å². The number of unbranched alkanes of at least 4 members (excludes halogenated alkanes) is 3. The molecule has 1 nitrogen and oxygen atoms in total. The van der Waals surface area contributed by atoms with E-state index in [9.17, 15) is 0 Å². The van der Waals surface area contributed by atoms with Gasteiger partial charge in [-0.05, 0) is 24.5 Å². The van der Waals surface area contributed by atoms with Crippen molar-refractivity contribution >= 4 is 24.9 Å². The molecule has 0 aliphatic heterocycles. The molecule has 0 unspecified atom stereocenters. The predicted molar refractivity (Wildman–Crippen MR) is 84.6 cm³/mol.